The summed E-state index contributed by atoms with van der Waals surface area (Å²) in [5.41, 5.74) is 5.77. The predicted molar refractivity (Wildman–Crippen MR) is 72.5 cm³/mol. The summed E-state index contributed by atoms with van der Waals surface area (Å²) in [6.45, 7) is 0. The SMILES string of the molecule is CSCC[C@@H](N)C(=O)NC1CCCCC1C(=O)O. The number of carbonyl (C=O) groups is 2. The van der Waals surface area contributed by atoms with E-state index in [4.69, 9.17) is 10.8 Å². The van der Waals surface area contributed by atoms with E-state index in [2.05, 4.69) is 5.32 Å². The molecule has 1 saturated carbocycles. The molecule has 104 valence electrons. The number of nitrogens with one attached hydrogen (secondary N) is 1. The van der Waals surface area contributed by atoms with Crippen molar-refractivity contribution in [3.05, 3.63) is 0 Å². The quantitative estimate of drug-likeness (QED) is 0.667. The van der Waals surface area contributed by atoms with Gasteiger partial charge in [0.05, 0.1) is 12.0 Å². The molecule has 0 aromatic rings. The Kier molecular flexibility index (Phi) is 6.49. The lowest BCUT2D eigenvalue weighted by atomic mass is 9.84. The van der Waals surface area contributed by atoms with E-state index in [1.54, 1.807) is 11.8 Å². The molecule has 0 aromatic heterocycles. The molecule has 1 rings (SSSR count). The van der Waals surface area contributed by atoms with Crippen LogP contribution >= 0.6 is 11.8 Å². The number of hydrogen-bond acceptors (Lipinski definition) is 4. The van der Waals surface area contributed by atoms with Crippen molar-refractivity contribution in [2.75, 3.05) is 12.0 Å². The normalized spacial score (nSPS) is 25.4. The molecular formula is C12H22N2O3S. The molecule has 5 nitrogen and oxygen atoms in total. The smallest absolute Gasteiger partial charge is 0.308 e. The Balaban J connectivity index is 2.48. The van der Waals surface area contributed by atoms with Crippen LogP contribution in [0.15, 0.2) is 0 Å². The number of carbonyl (C=O) groups excluding carboxylic acids is 1. The van der Waals surface area contributed by atoms with Gasteiger partial charge in [0.25, 0.3) is 0 Å². The maximum Gasteiger partial charge on any atom is 0.308 e. The van der Waals surface area contributed by atoms with Crippen molar-refractivity contribution >= 4 is 23.6 Å². The Morgan fingerprint density at radius 3 is 2.72 bits per heavy atom. The summed E-state index contributed by atoms with van der Waals surface area (Å²) in [5.74, 6) is -0.669. The van der Waals surface area contributed by atoms with Gasteiger partial charge in [-0.05, 0) is 31.3 Å². The van der Waals surface area contributed by atoms with Gasteiger partial charge < -0.3 is 16.2 Å². The monoisotopic (exact) mass is 274 g/mol. The zero-order chi connectivity index (χ0) is 13.5. The molecule has 0 saturated heterocycles. The van der Waals surface area contributed by atoms with E-state index in [1.807, 2.05) is 6.26 Å². The van der Waals surface area contributed by atoms with Gasteiger partial charge in [-0.2, -0.15) is 11.8 Å². The summed E-state index contributed by atoms with van der Waals surface area (Å²) in [6, 6.07) is -0.794. The Morgan fingerprint density at radius 2 is 2.11 bits per heavy atom. The molecule has 2 unspecified atom stereocenters. The van der Waals surface area contributed by atoms with Crippen molar-refractivity contribution in [2.45, 2.75) is 44.2 Å². The fourth-order valence-electron chi connectivity index (χ4n) is 2.26. The van der Waals surface area contributed by atoms with E-state index in [-0.39, 0.29) is 11.9 Å². The second-order valence-corrected chi connectivity index (χ2v) is 5.72. The molecular weight excluding hydrogens is 252 g/mol. The fraction of sp³-hybridized carbons (Fsp3) is 0.833. The lowest BCUT2D eigenvalue weighted by Gasteiger charge is -2.30. The summed E-state index contributed by atoms with van der Waals surface area (Å²) in [5, 5.41) is 11.9. The second kappa shape index (κ2) is 7.63. The zero-order valence-electron chi connectivity index (χ0n) is 10.7. The molecule has 0 aromatic carbocycles. The van der Waals surface area contributed by atoms with Crippen molar-refractivity contribution < 1.29 is 14.7 Å². The highest BCUT2D eigenvalue weighted by atomic mass is 32.2. The minimum absolute atomic E-state index is 0.220. The van der Waals surface area contributed by atoms with Gasteiger partial charge in [-0.25, -0.2) is 0 Å². The van der Waals surface area contributed by atoms with Gasteiger partial charge in [0.1, 0.15) is 0 Å². The van der Waals surface area contributed by atoms with E-state index in [1.165, 1.54) is 0 Å². The van der Waals surface area contributed by atoms with Crippen LogP contribution in [0.4, 0.5) is 0 Å². The lowest BCUT2D eigenvalue weighted by molar-refractivity contribution is -0.144. The third-order valence-electron chi connectivity index (χ3n) is 3.38. The largest absolute Gasteiger partial charge is 0.481 e. The van der Waals surface area contributed by atoms with E-state index in [0.29, 0.717) is 12.8 Å². The second-order valence-electron chi connectivity index (χ2n) is 4.73. The molecule has 0 aliphatic heterocycles. The number of hydrogen-bond donors (Lipinski definition) is 3. The maximum atomic E-state index is 11.8. The van der Waals surface area contributed by atoms with E-state index in [9.17, 15) is 9.59 Å². The van der Waals surface area contributed by atoms with Crippen LogP contribution in [0.1, 0.15) is 32.1 Å². The minimum atomic E-state index is -0.822. The molecule has 1 aliphatic rings. The van der Waals surface area contributed by atoms with Crippen LogP contribution in [-0.2, 0) is 9.59 Å². The molecule has 0 spiro atoms. The first-order chi connectivity index (χ1) is 8.56. The van der Waals surface area contributed by atoms with Gasteiger partial charge in [-0.3, -0.25) is 9.59 Å². The number of carboxylic acid groups (broad SMARTS) is 1. The van der Waals surface area contributed by atoms with Gasteiger partial charge in [-0.15, -0.1) is 0 Å². The summed E-state index contributed by atoms with van der Waals surface area (Å²) in [4.78, 5) is 22.9. The Morgan fingerprint density at radius 1 is 1.44 bits per heavy atom. The Labute approximate surface area is 112 Å². The van der Waals surface area contributed by atoms with Crippen molar-refractivity contribution in [1.82, 2.24) is 5.32 Å². The molecule has 1 amide bonds. The average Bonchev–Trinajstić information content (AvgIpc) is 2.36. The van der Waals surface area contributed by atoms with Crippen LogP contribution in [0.2, 0.25) is 0 Å². The lowest BCUT2D eigenvalue weighted by Crippen LogP contribution is -2.50. The van der Waals surface area contributed by atoms with Crippen LogP contribution in [0, 0.1) is 5.92 Å². The van der Waals surface area contributed by atoms with Crippen molar-refractivity contribution in [3.8, 4) is 0 Å². The van der Waals surface area contributed by atoms with Gasteiger partial charge in [0.2, 0.25) is 5.91 Å². The van der Waals surface area contributed by atoms with E-state index in [0.717, 1.165) is 25.0 Å². The maximum absolute atomic E-state index is 11.8. The Bertz CT molecular complexity index is 299. The Hall–Kier alpha value is -0.750. The van der Waals surface area contributed by atoms with Gasteiger partial charge in [-0.1, -0.05) is 12.8 Å². The molecule has 6 heteroatoms. The standard InChI is InChI=1S/C12H22N2O3S/c1-18-7-6-9(13)11(15)14-10-5-3-2-4-8(10)12(16)17/h8-10H,2-7,13H2,1H3,(H,14,15)(H,16,17)/t8?,9-,10?/m1/s1. The topological polar surface area (TPSA) is 92.4 Å². The van der Waals surface area contributed by atoms with Crippen LogP contribution in [0.25, 0.3) is 0 Å². The molecule has 1 fully saturated rings. The van der Waals surface area contributed by atoms with Crippen LogP contribution < -0.4 is 11.1 Å². The zero-order valence-corrected chi connectivity index (χ0v) is 11.5. The average molecular weight is 274 g/mol. The first-order valence-corrected chi connectivity index (χ1v) is 7.73. The molecule has 1 aliphatic carbocycles. The summed E-state index contributed by atoms with van der Waals surface area (Å²) >= 11 is 1.64. The van der Waals surface area contributed by atoms with Crippen LogP contribution in [0.5, 0.6) is 0 Å². The highest BCUT2D eigenvalue weighted by molar-refractivity contribution is 7.98. The summed E-state index contributed by atoms with van der Waals surface area (Å²) in [7, 11) is 0. The predicted octanol–water partition coefficient (Wildman–Crippen LogP) is 0.826. The first kappa shape index (κ1) is 15.3. The van der Waals surface area contributed by atoms with Crippen molar-refractivity contribution in [1.29, 1.82) is 0 Å². The highest BCUT2D eigenvalue weighted by Gasteiger charge is 2.32. The number of nitrogens with two attached hydrogens (primary N) is 1. The van der Waals surface area contributed by atoms with Gasteiger partial charge in [0, 0.05) is 6.04 Å². The summed E-state index contributed by atoms with van der Waals surface area (Å²) < 4.78 is 0. The molecule has 0 heterocycles. The third-order valence-corrected chi connectivity index (χ3v) is 4.02. The summed E-state index contributed by atoms with van der Waals surface area (Å²) in [6.07, 6.45) is 5.85. The van der Waals surface area contributed by atoms with Crippen molar-refractivity contribution in [2.24, 2.45) is 11.7 Å². The molecule has 0 bridgehead atoms. The third kappa shape index (κ3) is 4.49. The van der Waals surface area contributed by atoms with E-state index < -0.39 is 17.9 Å². The number of carboxylic acids is 1. The van der Waals surface area contributed by atoms with Crippen molar-refractivity contribution in [3.63, 3.8) is 0 Å². The molecule has 4 N–H and O–H groups in total. The van der Waals surface area contributed by atoms with E-state index >= 15 is 0 Å². The van der Waals surface area contributed by atoms with Gasteiger partial charge in [0.15, 0.2) is 0 Å². The minimum Gasteiger partial charge on any atom is -0.481 e. The first-order valence-electron chi connectivity index (χ1n) is 6.34. The fourth-order valence-corrected chi connectivity index (χ4v) is 2.75. The number of aliphatic carboxylic acids is 1. The molecule has 0 radical (unpaired) electrons. The molecule has 3 atom stereocenters. The number of rotatable bonds is 6. The van der Waals surface area contributed by atoms with Crippen LogP contribution in [-0.4, -0.2) is 41.1 Å². The molecule has 18 heavy (non-hydrogen) atoms. The van der Waals surface area contributed by atoms with Crippen LogP contribution in [0.3, 0.4) is 0 Å². The van der Waals surface area contributed by atoms with Gasteiger partial charge >= 0.3 is 5.97 Å². The number of amides is 1. The number of thioether (sulfide) groups is 1. The highest BCUT2D eigenvalue weighted by Crippen LogP contribution is 2.24.